The highest BCUT2D eigenvalue weighted by molar-refractivity contribution is 9.10. The molecule has 8 heteroatoms. The number of rotatable bonds is 6. The zero-order valence-corrected chi connectivity index (χ0v) is 11.7. The number of anilines is 1. The summed E-state index contributed by atoms with van der Waals surface area (Å²) >= 11 is 3.24. The average Bonchev–Trinajstić information content (AvgIpc) is 2.91. The molecule has 0 aliphatic rings. The Hall–Kier alpha value is -1.67. The molecule has 0 saturated carbocycles. The van der Waals surface area contributed by atoms with Gasteiger partial charge in [0.25, 0.3) is 5.56 Å². The Morgan fingerprint density at radius 2 is 2.32 bits per heavy atom. The lowest BCUT2D eigenvalue weighted by atomic mass is 10.3. The number of hydrogen-bond donors (Lipinski definition) is 3. The monoisotopic (exact) mass is 327 g/mol. The molecule has 0 fully saturated rings. The van der Waals surface area contributed by atoms with E-state index in [9.17, 15) is 4.79 Å². The standard InChI is InChI=1S/C11H14BrN5O2/c12-10-9(6-16-17(3-4-18)11(10)19)14-2-1-8-5-13-7-15-8/h5-7,14,18H,1-4H2,(H,13,15). The summed E-state index contributed by atoms with van der Waals surface area (Å²) in [6.45, 7) is 0.726. The van der Waals surface area contributed by atoms with Gasteiger partial charge in [-0.2, -0.15) is 5.10 Å². The normalized spacial score (nSPS) is 10.6. The van der Waals surface area contributed by atoms with E-state index in [2.05, 4.69) is 36.3 Å². The van der Waals surface area contributed by atoms with Crippen molar-refractivity contribution < 1.29 is 5.11 Å². The van der Waals surface area contributed by atoms with Gasteiger partial charge in [0.05, 0.1) is 31.4 Å². The zero-order valence-electron chi connectivity index (χ0n) is 10.1. The third kappa shape index (κ3) is 3.42. The summed E-state index contributed by atoms with van der Waals surface area (Å²) in [5.74, 6) is 0. The van der Waals surface area contributed by atoms with E-state index in [1.54, 1.807) is 18.7 Å². The molecule has 19 heavy (non-hydrogen) atoms. The Kier molecular flexibility index (Phi) is 4.69. The first-order valence-electron chi connectivity index (χ1n) is 5.80. The van der Waals surface area contributed by atoms with Crippen LogP contribution in [-0.2, 0) is 13.0 Å². The molecule has 102 valence electrons. The molecule has 0 aliphatic heterocycles. The molecule has 0 aromatic carbocycles. The Morgan fingerprint density at radius 3 is 3.00 bits per heavy atom. The van der Waals surface area contributed by atoms with Crippen molar-refractivity contribution in [2.45, 2.75) is 13.0 Å². The summed E-state index contributed by atoms with van der Waals surface area (Å²) < 4.78 is 1.63. The van der Waals surface area contributed by atoms with Crippen molar-refractivity contribution in [3.8, 4) is 0 Å². The third-order valence-corrected chi connectivity index (χ3v) is 3.33. The molecule has 0 aliphatic carbocycles. The first-order chi connectivity index (χ1) is 9.22. The fraction of sp³-hybridized carbons (Fsp3) is 0.364. The van der Waals surface area contributed by atoms with Crippen molar-refractivity contribution >= 4 is 21.6 Å². The minimum absolute atomic E-state index is 0.119. The summed E-state index contributed by atoms with van der Waals surface area (Å²) in [5.41, 5.74) is 1.39. The van der Waals surface area contributed by atoms with Crippen LogP contribution in [0.2, 0.25) is 0 Å². The number of aliphatic hydroxyl groups excluding tert-OH is 1. The van der Waals surface area contributed by atoms with Crippen LogP contribution >= 0.6 is 15.9 Å². The Labute approximate surface area is 117 Å². The number of aromatic amines is 1. The van der Waals surface area contributed by atoms with Gasteiger partial charge in [-0.1, -0.05) is 0 Å². The van der Waals surface area contributed by atoms with E-state index in [0.717, 1.165) is 12.1 Å². The van der Waals surface area contributed by atoms with Crippen LogP contribution < -0.4 is 10.9 Å². The SMILES string of the molecule is O=c1c(Br)c(NCCc2cnc[nH]2)cnn1CCO. The maximum atomic E-state index is 11.9. The number of aliphatic hydroxyl groups is 1. The van der Waals surface area contributed by atoms with Crippen LogP contribution in [0, 0.1) is 0 Å². The van der Waals surface area contributed by atoms with Gasteiger partial charge in [-0.05, 0) is 15.9 Å². The quantitative estimate of drug-likeness (QED) is 0.712. The molecule has 2 heterocycles. The maximum Gasteiger partial charge on any atom is 0.283 e. The molecule has 0 unspecified atom stereocenters. The van der Waals surface area contributed by atoms with Crippen LogP contribution in [-0.4, -0.2) is 38.0 Å². The van der Waals surface area contributed by atoms with Gasteiger partial charge in [0.15, 0.2) is 0 Å². The number of imidazole rings is 1. The molecule has 0 spiro atoms. The lowest BCUT2D eigenvalue weighted by molar-refractivity contribution is 0.266. The average molecular weight is 328 g/mol. The van der Waals surface area contributed by atoms with Gasteiger partial charge in [-0.25, -0.2) is 9.67 Å². The summed E-state index contributed by atoms with van der Waals surface area (Å²) in [5, 5.41) is 15.9. The van der Waals surface area contributed by atoms with Crippen molar-refractivity contribution in [3.63, 3.8) is 0 Å². The first kappa shape index (κ1) is 13.8. The van der Waals surface area contributed by atoms with Crippen LogP contribution in [0.25, 0.3) is 0 Å². The molecular weight excluding hydrogens is 314 g/mol. The van der Waals surface area contributed by atoms with Gasteiger partial charge in [-0.15, -0.1) is 0 Å². The molecule has 3 N–H and O–H groups in total. The summed E-state index contributed by atoms with van der Waals surface area (Å²) in [6, 6.07) is 0. The molecule has 0 amide bonds. The highest BCUT2D eigenvalue weighted by Crippen LogP contribution is 2.15. The number of halogens is 1. The van der Waals surface area contributed by atoms with Gasteiger partial charge in [-0.3, -0.25) is 4.79 Å². The maximum absolute atomic E-state index is 11.9. The molecule has 2 rings (SSSR count). The molecule has 2 aromatic rings. The number of aromatic nitrogens is 4. The summed E-state index contributed by atoms with van der Waals surface area (Å²) in [6.07, 6.45) is 5.72. The second kappa shape index (κ2) is 6.48. The Morgan fingerprint density at radius 1 is 1.47 bits per heavy atom. The van der Waals surface area contributed by atoms with Crippen LogP contribution in [0.1, 0.15) is 5.69 Å². The summed E-state index contributed by atoms with van der Waals surface area (Å²) in [7, 11) is 0. The Balaban J connectivity index is 2.01. The topological polar surface area (TPSA) is 95.8 Å². The molecule has 0 radical (unpaired) electrons. The van der Waals surface area contributed by atoms with E-state index >= 15 is 0 Å². The largest absolute Gasteiger partial charge is 0.394 e. The molecule has 0 bridgehead atoms. The van der Waals surface area contributed by atoms with Crippen LogP contribution in [0.5, 0.6) is 0 Å². The lowest BCUT2D eigenvalue weighted by Gasteiger charge is -2.09. The summed E-state index contributed by atoms with van der Waals surface area (Å²) in [4.78, 5) is 18.8. The van der Waals surface area contributed by atoms with Gasteiger partial charge in [0, 0.05) is 24.9 Å². The van der Waals surface area contributed by atoms with E-state index in [4.69, 9.17) is 5.11 Å². The van der Waals surface area contributed by atoms with Crippen molar-refractivity contribution in [3.05, 3.63) is 39.2 Å². The fourth-order valence-corrected chi connectivity index (χ4v) is 2.04. The van der Waals surface area contributed by atoms with Gasteiger partial charge in [0.1, 0.15) is 4.47 Å². The van der Waals surface area contributed by atoms with Crippen LogP contribution in [0.4, 0.5) is 5.69 Å². The second-order valence-corrected chi connectivity index (χ2v) is 4.67. The minimum Gasteiger partial charge on any atom is -0.394 e. The molecule has 0 saturated heterocycles. The number of nitrogens with one attached hydrogen (secondary N) is 2. The molecule has 7 nitrogen and oxygen atoms in total. The van der Waals surface area contributed by atoms with Crippen molar-refractivity contribution in [2.75, 3.05) is 18.5 Å². The molecular formula is C11H14BrN5O2. The number of H-pyrrole nitrogens is 1. The zero-order chi connectivity index (χ0) is 13.7. The number of hydrogen-bond acceptors (Lipinski definition) is 5. The first-order valence-corrected chi connectivity index (χ1v) is 6.59. The van der Waals surface area contributed by atoms with Crippen LogP contribution in [0.3, 0.4) is 0 Å². The smallest absolute Gasteiger partial charge is 0.283 e. The van der Waals surface area contributed by atoms with Gasteiger partial charge in [0.2, 0.25) is 0 Å². The number of nitrogens with zero attached hydrogens (tertiary/aromatic N) is 3. The second-order valence-electron chi connectivity index (χ2n) is 3.88. The predicted molar refractivity (Wildman–Crippen MR) is 74.1 cm³/mol. The van der Waals surface area contributed by atoms with Crippen molar-refractivity contribution in [2.24, 2.45) is 0 Å². The fourth-order valence-electron chi connectivity index (χ4n) is 1.60. The lowest BCUT2D eigenvalue weighted by Crippen LogP contribution is -2.26. The molecule has 0 atom stereocenters. The predicted octanol–water partition coefficient (Wildman–Crippen LogP) is 0.376. The highest BCUT2D eigenvalue weighted by atomic mass is 79.9. The minimum atomic E-state index is -0.263. The highest BCUT2D eigenvalue weighted by Gasteiger charge is 2.08. The van der Waals surface area contributed by atoms with E-state index in [1.165, 1.54) is 4.68 Å². The van der Waals surface area contributed by atoms with Gasteiger partial charge < -0.3 is 15.4 Å². The van der Waals surface area contributed by atoms with Gasteiger partial charge >= 0.3 is 0 Å². The van der Waals surface area contributed by atoms with E-state index < -0.39 is 0 Å². The third-order valence-electron chi connectivity index (χ3n) is 2.56. The van der Waals surface area contributed by atoms with E-state index in [1.807, 2.05) is 0 Å². The van der Waals surface area contributed by atoms with Crippen molar-refractivity contribution in [1.82, 2.24) is 19.7 Å². The van der Waals surface area contributed by atoms with E-state index in [-0.39, 0.29) is 18.7 Å². The Bertz CT molecular complexity index is 581. The van der Waals surface area contributed by atoms with Crippen molar-refractivity contribution in [1.29, 1.82) is 0 Å². The molecule has 2 aromatic heterocycles. The van der Waals surface area contributed by atoms with E-state index in [0.29, 0.717) is 16.7 Å². The van der Waals surface area contributed by atoms with Crippen LogP contribution in [0.15, 0.2) is 28.0 Å².